The Hall–Kier alpha value is -0.610. The number of carbonyl (C=O) groups is 1. The van der Waals surface area contributed by atoms with Crippen molar-refractivity contribution in [2.75, 3.05) is 19.8 Å². The van der Waals surface area contributed by atoms with Crippen LogP contribution in [0.25, 0.3) is 0 Å². The monoisotopic (exact) mass is 201 g/mol. The molecule has 1 aliphatic heterocycles. The van der Waals surface area contributed by atoms with E-state index in [1.54, 1.807) is 0 Å². The lowest BCUT2D eigenvalue weighted by atomic mass is 10.1. The minimum absolute atomic E-state index is 0.00387. The summed E-state index contributed by atoms with van der Waals surface area (Å²) in [6, 6.07) is 0. The normalized spacial score (nSPS) is 24.7. The molecule has 0 aromatic carbocycles. The van der Waals surface area contributed by atoms with Crippen LogP contribution < -0.4 is 0 Å². The molecule has 0 saturated carbocycles. The van der Waals surface area contributed by atoms with E-state index in [1.165, 1.54) is 6.92 Å². The zero-order valence-corrected chi connectivity index (χ0v) is 9.37. The van der Waals surface area contributed by atoms with Crippen LogP contribution in [0.2, 0.25) is 0 Å². The van der Waals surface area contributed by atoms with Gasteiger partial charge in [-0.15, -0.1) is 0 Å². The Morgan fingerprint density at radius 2 is 2.14 bits per heavy atom. The number of esters is 1. The topological polar surface area (TPSA) is 38.8 Å². The molecule has 0 spiro atoms. The summed E-state index contributed by atoms with van der Waals surface area (Å²) in [6.07, 6.45) is -0.235. The molecule has 0 bridgehead atoms. The van der Waals surface area contributed by atoms with Gasteiger partial charge in [-0.25, -0.2) is 0 Å². The van der Waals surface area contributed by atoms with E-state index in [-0.39, 0.29) is 17.7 Å². The van der Waals surface area contributed by atoms with Gasteiger partial charge in [0.05, 0.1) is 13.2 Å². The molecule has 0 aromatic rings. The largest absolute Gasteiger partial charge is 0.444 e. The molecule has 1 rings (SSSR count). The average Bonchev–Trinajstić information content (AvgIpc) is 2.01. The lowest BCUT2D eigenvalue weighted by molar-refractivity contribution is -0.184. The third kappa shape index (κ3) is 2.96. The fourth-order valence-electron chi connectivity index (χ4n) is 1.64. The van der Waals surface area contributed by atoms with Crippen LogP contribution in [-0.4, -0.2) is 42.4 Å². The van der Waals surface area contributed by atoms with Gasteiger partial charge in [0, 0.05) is 19.0 Å². The Balaban J connectivity index is 2.64. The Labute approximate surface area is 85.2 Å². The number of hydrogen-bond acceptors (Lipinski definition) is 4. The molecule has 1 atom stereocenters. The highest BCUT2D eigenvalue weighted by Crippen LogP contribution is 2.20. The third-order valence-corrected chi connectivity index (χ3v) is 2.25. The van der Waals surface area contributed by atoms with Crippen molar-refractivity contribution in [1.82, 2.24) is 4.90 Å². The number of carbonyl (C=O) groups excluding carboxylic acids is 1. The van der Waals surface area contributed by atoms with Gasteiger partial charge in [0.2, 0.25) is 0 Å². The third-order valence-electron chi connectivity index (χ3n) is 2.25. The van der Waals surface area contributed by atoms with E-state index in [1.807, 2.05) is 0 Å². The first-order chi connectivity index (χ1) is 6.41. The molecule has 0 unspecified atom stereocenters. The minimum Gasteiger partial charge on any atom is -0.444 e. The van der Waals surface area contributed by atoms with Gasteiger partial charge in [0.15, 0.2) is 6.23 Å². The summed E-state index contributed by atoms with van der Waals surface area (Å²) in [4.78, 5) is 13.0. The molecule has 0 aromatic heterocycles. The Kier molecular flexibility index (Phi) is 3.50. The molecule has 1 saturated heterocycles. The zero-order valence-electron chi connectivity index (χ0n) is 9.37. The van der Waals surface area contributed by atoms with Crippen molar-refractivity contribution in [3.05, 3.63) is 0 Å². The van der Waals surface area contributed by atoms with E-state index in [9.17, 15) is 4.79 Å². The predicted octanol–water partition coefficient (Wildman–Crippen LogP) is 1.01. The van der Waals surface area contributed by atoms with Crippen molar-refractivity contribution < 1.29 is 14.3 Å². The van der Waals surface area contributed by atoms with E-state index in [4.69, 9.17) is 9.47 Å². The summed E-state index contributed by atoms with van der Waals surface area (Å²) >= 11 is 0. The Morgan fingerprint density at radius 1 is 1.50 bits per heavy atom. The van der Waals surface area contributed by atoms with Crippen LogP contribution in [0.4, 0.5) is 0 Å². The molecule has 0 radical (unpaired) electrons. The number of hydrogen-bond donors (Lipinski definition) is 0. The Morgan fingerprint density at radius 3 is 2.64 bits per heavy atom. The highest BCUT2D eigenvalue weighted by atomic mass is 16.6. The van der Waals surface area contributed by atoms with Crippen molar-refractivity contribution in [3.8, 4) is 0 Å². The smallest absolute Gasteiger partial charge is 0.304 e. The number of rotatable bonds is 1. The predicted molar refractivity (Wildman–Crippen MR) is 52.8 cm³/mol. The molecule has 1 fully saturated rings. The number of ether oxygens (including phenoxy) is 2. The van der Waals surface area contributed by atoms with Gasteiger partial charge in [0.1, 0.15) is 0 Å². The van der Waals surface area contributed by atoms with Crippen LogP contribution in [0.1, 0.15) is 27.7 Å². The summed E-state index contributed by atoms with van der Waals surface area (Å²) in [5.74, 6) is -0.255. The van der Waals surface area contributed by atoms with Crippen molar-refractivity contribution in [3.63, 3.8) is 0 Å². The fourth-order valence-corrected chi connectivity index (χ4v) is 1.64. The standard InChI is InChI=1S/C10H19NO3/c1-8(12)14-9-7-13-6-5-11(9)10(2,3)4/h9H,5-7H2,1-4H3/t9-/m0/s1. The van der Waals surface area contributed by atoms with Crippen LogP contribution in [0.15, 0.2) is 0 Å². The fraction of sp³-hybridized carbons (Fsp3) is 0.900. The minimum atomic E-state index is -0.255. The molecule has 82 valence electrons. The molecule has 1 heterocycles. The van der Waals surface area contributed by atoms with Gasteiger partial charge < -0.3 is 9.47 Å². The van der Waals surface area contributed by atoms with Crippen LogP contribution in [0.3, 0.4) is 0 Å². The van der Waals surface area contributed by atoms with Gasteiger partial charge in [-0.05, 0) is 20.8 Å². The lowest BCUT2D eigenvalue weighted by Crippen LogP contribution is -2.55. The summed E-state index contributed by atoms with van der Waals surface area (Å²) in [7, 11) is 0. The summed E-state index contributed by atoms with van der Waals surface area (Å²) in [6.45, 7) is 9.72. The second-order valence-corrected chi connectivity index (χ2v) is 4.50. The van der Waals surface area contributed by atoms with E-state index < -0.39 is 0 Å². The molecule has 4 nitrogen and oxygen atoms in total. The van der Waals surface area contributed by atoms with Gasteiger partial charge in [-0.3, -0.25) is 9.69 Å². The molecule has 0 amide bonds. The molecular formula is C10H19NO3. The van der Waals surface area contributed by atoms with E-state index in [2.05, 4.69) is 25.7 Å². The van der Waals surface area contributed by atoms with Gasteiger partial charge in [-0.1, -0.05) is 0 Å². The van der Waals surface area contributed by atoms with Gasteiger partial charge in [0.25, 0.3) is 0 Å². The first kappa shape index (κ1) is 11.5. The lowest BCUT2D eigenvalue weighted by Gasteiger charge is -2.43. The van der Waals surface area contributed by atoms with E-state index in [0.717, 1.165) is 6.54 Å². The maximum atomic E-state index is 10.9. The van der Waals surface area contributed by atoms with Crippen molar-refractivity contribution in [2.24, 2.45) is 0 Å². The summed E-state index contributed by atoms with van der Waals surface area (Å²) in [5, 5.41) is 0. The summed E-state index contributed by atoms with van der Waals surface area (Å²) < 4.78 is 10.5. The SMILES string of the molecule is CC(=O)O[C@H]1COCCN1C(C)(C)C. The number of nitrogens with zero attached hydrogens (tertiary/aromatic N) is 1. The first-order valence-electron chi connectivity index (χ1n) is 4.93. The highest BCUT2D eigenvalue weighted by Gasteiger charge is 2.33. The number of morpholine rings is 1. The molecular weight excluding hydrogens is 182 g/mol. The molecule has 4 heteroatoms. The van der Waals surface area contributed by atoms with Crippen molar-refractivity contribution >= 4 is 5.97 Å². The van der Waals surface area contributed by atoms with Crippen LogP contribution in [0, 0.1) is 0 Å². The van der Waals surface area contributed by atoms with Crippen LogP contribution >= 0.6 is 0 Å². The van der Waals surface area contributed by atoms with Crippen LogP contribution in [0.5, 0.6) is 0 Å². The van der Waals surface area contributed by atoms with E-state index >= 15 is 0 Å². The summed E-state index contributed by atoms with van der Waals surface area (Å²) in [5.41, 5.74) is 0.00387. The average molecular weight is 201 g/mol. The second kappa shape index (κ2) is 4.28. The molecule has 0 aliphatic carbocycles. The van der Waals surface area contributed by atoms with Crippen molar-refractivity contribution in [1.29, 1.82) is 0 Å². The quantitative estimate of drug-likeness (QED) is 0.593. The van der Waals surface area contributed by atoms with Gasteiger partial charge >= 0.3 is 5.97 Å². The zero-order chi connectivity index (χ0) is 10.8. The van der Waals surface area contributed by atoms with Gasteiger partial charge in [-0.2, -0.15) is 0 Å². The molecule has 1 aliphatic rings. The maximum absolute atomic E-state index is 10.9. The van der Waals surface area contributed by atoms with Crippen LogP contribution in [-0.2, 0) is 14.3 Å². The molecule has 14 heavy (non-hydrogen) atoms. The first-order valence-corrected chi connectivity index (χ1v) is 4.93. The maximum Gasteiger partial charge on any atom is 0.304 e. The molecule has 0 N–H and O–H groups in total. The second-order valence-electron chi connectivity index (χ2n) is 4.50. The van der Waals surface area contributed by atoms with E-state index in [0.29, 0.717) is 13.2 Å². The highest BCUT2D eigenvalue weighted by molar-refractivity contribution is 5.66. The van der Waals surface area contributed by atoms with Crippen molar-refractivity contribution in [2.45, 2.75) is 39.5 Å². The Bertz CT molecular complexity index is 210.